The van der Waals surface area contributed by atoms with Crippen LogP contribution in [0.25, 0.3) is 0 Å². The van der Waals surface area contributed by atoms with E-state index in [1.807, 2.05) is 47.4 Å². The predicted octanol–water partition coefficient (Wildman–Crippen LogP) is 4.34. The number of amides is 1. The average Bonchev–Trinajstić information content (AvgIpc) is 3.12. The molecule has 2 aromatic carbocycles. The number of amidine groups is 1. The number of rotatable bonds is 4. The first-order valence-electron chi connectivity index (χ1n) is 9.09. The summed E-state index contributed by atoms with van der Waals surface area (Å²) < 4.78 is 25.1. The molecular weight excluding hydrogens is 496 g/mol. The first-order chi connectivity index (χ1) is 13.8. The average molecular weight is 514 g/mol. The van der Waals surface area contributed by atoms with Crippen LogP contribution in [0.2, 0.25) is 5.02 Å². The van der Waals surface area contributed by atoms with Gasteiger partial charge in [-0.15, -0.1) is 0 Å². The van der Waals surface area contributed by atoms with E-state index >= 15 is 0 Å². The fraction of sp³-hybridized carbons (Fsp3) is 0.300. The second-order valence-corrected chi connectivity index (χ2v) is 11.7. The van der Waals surface area contributed by atoms with E-state index in [0.29, 0.717) is 28.7 Å². The second kappa shape index (κ2) is 8.41. The van der Waals surface area contributed by atoms with Crippen LogP contribution < -0.4 is 4.90 Å². The minimum atomic E-state index is -3.12. The normalized spacial score (nSPS) is 24.1. The Morgan fingerprint density at radius 2 is 1.97 bits per heavy atom. The topological polar surface area (TPSA) is 66.8 Å². The van der Waals surface area contributed by atoms with Gasteiger partial charge in [0.25, 0.3) is 0 Å². The number of fused-ring (bicyclic) bond motifs is 1. The van der Waals surface area contributed by atoms with Crippen molar-refractivity contribution >= 4 is 65.9 Å². The molecule has 2 saturated heterocycles. The molecule has 0 bridgehead atoms. The molecular formula is C20H18BrClN2O3S2. The standard InChI is InChI=1S/C20H18BrClN2O3S2/c21-14-7-8-16(15(22)10-14)24-17-11-29(26,27)12-18(17)28-20(24)23-19(25)9-6-13-4-2-1-3-5-13/h1-5,7-8,10,17-18H,6,9,11-12H2/t17-,18+/m1/s1. The maximum atomic E-state index is 12.5. The number of aliphatic imine (C=N–C) groups is 1. The van der Waals surface area contributed by atoms with Gasteiger partial charge in [-0.3, -0.25) is 4.79 Å². The summed E-state index contributed by atoms with van der Waals surface area (Å²) in [5, 5.41) is 0.854. The van der Waals surface area contributed by atoms with Gasteiger partial charge in [-0.2, -0.15) is 4.99 Å². The summed E-state index contributed by atoms with van der Waals surface area (Å²) in [7, 11) is -3.12. The largest absolute Gasteiger partial charge is 0.314 e. The molecule has 29 heavy (non-hydrogen) atoms. The maximum absolute atomic E-state index is 12.5. The maximum Gasteiger partial charge on any atom is 0.248 e. The van der Waals surface area contributed by atoms with Gasteiger partial charge in [-0.05, 0) is 30.2 Å². The van der Waals surface area contributed by atoms with E-state index in [-0.39, 0.29) is 28.7 Å². The number of sulfone groups is 1. The number of halogens is 2. The summed E-state index contributed by atoms with van der Waals surface area (Å²) in [6.45, 7) is 0. The minimum absolute atomic E-state index is 0.0360. The van der Waals surface area contributed by atoms with Crippen LogP contribution in [0.1, 0.15) is 12.0 Å². The van der Waals surface area contributed by atoms with Crippen LogP contribution in [0.15, 0.2) is 58.0 Å². The smallest absolute Gasteiger partial charge is 0.248 e. The highest BCUT2D eigenvalue weighted by molar-refractivity contribution is 9.10. The highest BCUT2D eigenvalue weighted by Gasteiger charge is 2.49. The summed E-state index contributed by atoms with van der Waals surface area (Å²) >= 11 is 11.2. The molecule has 0 N–H and O–H groups in total. The quantitative estimate of drug-likeness (QED) is 0.608. The fourth-order valence-corrected chi connectivity index (χ4v) is 8.27. The molecule has 5 nitrogen and oxygen atoms in total. The molecule has 0 radical (unpaired) electrons. The molecule has 9 heteroatoms. The van der Waals surface area contributed by atoms with Crippen LogP contribution in [0.4, 0.5) is 5.69 Å². The molecule has 1 amide bonds. The van der Waals surface area contributed by atoms with Gasteiger partial charge in [-0.1, -0.05) is 69.6 Å². The van der Waals surface area contributed by atoms with E-state index in [0.717, 1.165) is 10.0 Å². The zero-order chi connectivity index (χ0) is 20.6. The Morgan fingerprint density at radius 1 is 1.21 bits per heavy atom. The summed E-state index contributed by atoms with van der Waals surface area (Å²) in [4.78, 5) is 18.7. The third-order valence-electron chi connectivity index (χ3n) is 4.93. The lowest BCUT2D eigenvalue weighted by Crippen LogP contribution is -2.38. The molecule has 152 valence electrons. The Kier molecular flexibility index (Phi) is 6.06. The molecule has 2 aliphatic rings. The molecule has 0 spiro atoms. The zero-order valence-corrected chi connectivity index (χ0v) is 19.3. The second-order valence-electron chi connectivity index (χ2n) is 7.04. The molecule has 2 aromatic rings. The van der Waals surface area contributed by atoms with Crippen molar-refractivity contribution in [2.24, 2.45) is 4.99 Å². The molecule has 0 saturated carbocycles. The number of benzene rings is 2. The summed E-state index contributed by atoms with van der Waals surface area (Å²) in [5.41, 5.74) is 1.75. The van der Waals surface area contributed by atoms with Crippen LogP contribution in [0.5, 0.6) is 0 Å². The minimum Gasteiger partial charge on any atom is -0.314 e. The summed E-state index contributed by atoms with van der Waals surface area (Å²) in [6.07, 6.45) is 0.908. The van der Waals surface area contributed by atoms with Gasteiger partial charge < -0.3 is 4.90 Å². The van der Waals surface area contributed by atoms with Gasteiger partial charge in [0.2, 0.25) is 5.91 Å². The van der Waals surface area contributed by atoms with Crippen molar-refractivity contribution in [1.29, 1.82) is 0 Å². The number of carbonyl (C=O) groups is 1. The van der Waals surface area contributed by atoms with E-state index in [9.17, 15) is 13.2 Å². The molecule has 2 aliphatic heterocycles. The van der Waals surface area contributed by atoms with Gasteiger partial charge in [0, 0.05) is 16.1 Å². The Morgan fingerprint density at radius 3 is 2.69 bits per heavy atom. The van der Waals surface area contributed by atoms with E-state index in [1.54, 1.807) is 6.07 Å². The van der Waals surface area contributed by atoms with E-state index < -0.39 is 9.84 Å². The van der Waals surface area contributed by atoms with Crippen LogP contribution >= 0.6 is 39.3 Å². The number of aryl methyl sites for hydroxylation is 1. The van der Waals surface area contributed by atoms with Crippen molar-refractivity contribution in [3.8, 4) is 0 Å². The SMILES string of the molecule is O=C(CCc1ccccc1)N=C1S[C@H]2CS(=O)(=O)C[C@H]2N1c1ccc(Br)cc1Cl. The van der Waals surface area contributed by atoms with E-state index in [1.165, 1.54) is 11.8 Å². The zero-order valence-electron chi connectivity index (χ0n) is 15.3. The molecule has 0 unspecified atom stereocenters. The Bertz CT molecular complexity index is 1080. The highest BCUT2D eigenvalue weighted by atomic mass is 79.9. The van der Waals surface area contributed by atoms with E-state index in [2.05, 4.69) is 20.9 Å². The first-order valence-corrected chi connectivity index (χ1v) is 13.0. The van der Waals surface area contributed by atoms with Crippen molar-refractivity contribution in [2.75, 3.05) is 16.4 Å². The lowest BCUT2D eigenvalue weighted by Gasteiger charge is -2.25. The molecule has 2 fully saturated rings. The third kappa shape index (κ3) is 4.71. The van der Waals surface area contributed by atoms with Crippen molar-refractivity contribution < 1.29 is 13.2 Å². The third-order valence-corrected chi connectivity index (χ3v) is 8.93. The van der Waals surface area contributed by atoms with Gasteiger partial charge in [0.1, 0.15) is 0 Å². The molecule has 2 heterocycles. The van der Waals surface area contributed by atoms with Gasteiger partial charge >= 0.3 is 0 Å². The van der Waals surface area contributed by atoms with Gasteiger partial charge in [-0.25, -0.2) is 8.42 Å². The van der Waals surface area contributed by atoms with Crippen molar-refractivity contribution in [2.45, 2.75) is 24.1 Å². The van der Waals surface area contributed by atoms with Crippen LogP contribution in [0.3, 0.4) is 0 Å². The predicted molar refractivity (Wildman–Crippen MR) is 123 cm³/mol. The number of hydrogen-bond donors (Lipinski definition) is 0. The Balaban J connectivity index is 1.60. The molecule has 4 rings (SSSR count). The monoisotopic (exact) mass is 512 g/mol. The summed E-state index contributed by atoms with van der Waals surface area (Å²) in [6, 6.07) is 14.9. The number of carbonyl (C=O) groups excluding carboxylic acids is 1. The van der Waals surface area contributed by atoms with Crippen molar-refractivity contribution in [3.05, 3.63) is 63.6 Å². The molecule has 0 aliphatic carbocycles. The Hall–Kier alpha value is -1.35. The number of hydrogen-bond acceptors (Lipinski definition) is 4. The van der Waals surface area contributed by atoms with Gasteiger partial charge in [0.15, 0.2) is 15.0 Å². The van der Waals surface area contributed by atoms with Crippen LogP contribution in [-0.2, 0) is 21.1 Å². The lowest BCUT2D eigenvalue weighted by molar-refractivity contribution is -0.117. The number of nitrogens with zero attached hydrogens (tertiary/aromatic N) is 2. The number of anilines is 1. The first kappa shape index (κ1) is 20.9. The summed E-state index contributed by atoms with van der Waals surface area (Å²) in [5.74, 6) is -0.101. The fourth-order valence-electron chi connectivity index (χ4n) is 3.58. The molecule has 0 aromatic heterocycles. The van der Waals surface area contributed by atoms with Gasteiger partial charge in [0.05, 0.1) is 28.3 Å². The highest BCUT2D eigenvalue weighted by Crippen LogP contribution is 2.43. The molecule has 2 atom stereocenters. The lowest BCUT2D eigenvalue weighted by atomic mass is 10.1. The van der Waals surface area contributed by atoms with E-state index in [4.69, 9.17) is 11.6 Å². The van der Waals surface area contributed by atoms with Crippen LogP contribution in [-0.4, -0.2) is 42.3 Å². The Labute approximate surface area is 187 Å². The van der Waals surface area contributed by atoms with Crippen LogP contribution in [0, 0.1) is 0 Å². The van der Waals surface area contributed by atoms with Crippen molar-refractivity contribution in [1.82, 2.24) is 0 Å². The van der Waals surface area contributed by atoms with Crippen molar-refractivity contribution in [3.63, 3.8) is 0 Å². The number of thioether (sulfide) groups is 1.